The molecule has 1 N–H and O–H groups in total. The van der Waals surface area contributed by atoms with E-state index < -0.39 is 17.4 Å². The van der Waals surface area contributed by atoms with E-state index in [4.69, 9.17) is 9.73 Å². The van der Waals surface area contributed by atoms with Gasteiger partial charge in [-0.05, 0) is 69.0 Å². The number of hydrogen-bond donors (Lipinski definition) is 1. The van der Waals surface area contributed by atoms with Gasteiger partial charge in [0.05, 0.1) is 17.8 Å². The molecule has 2 atom stereocenters. The lowest BCUT2D eigenvalue weighted by atomic mass is 10.1. The van der Waals surface area contributed by atoms with Crippen LogP contribution in [0.3, 0.4) is 0 Å². The van der Waals surface area contributed by atoms with E-state index in [-0.39, 0.29) is 24.0 Å². The van der Waals surface area contributed by atoms with Gasteiger partial charge in [0.15, 0.2) is 5.17 Å². The van der Waals surface area contributed by atoms with Crippen LogP contribution < -0.4 is 5.32 Å². The number of carbonyl (C=O) groups excluding carboxylic acids is 3. The van der Waals surface area contributed by atoms with Gasteiger partial charge in [0.25, 0.3) is 0 Å². The maximum Gasteiger partial charge on any atom is 0.410 e. The molecular weight excluding hydrogens is 550 g/mol. The van der Waals surface area contributed by atoms with Gasteiger partial charge in [0.1, 0.15) is 17.9 Å². The van der Waals surface area contributed by atoms with Crippen LogP contribution in [0.4, 0.5) is 10.5 Å². The monoisotopic (exact) mass is 585 g/mol. The smallest absolute Gasteiger partial charge is 0.410 e. The van der Waals surface area contributed by atoms with E-state index in [1.165, 1.54) is 16.7 Å². The van der Waals surface area contributed by atoms with E-state index in [1.54, 1.807) is 23.2 Å². The summed E-state index contributed by atoms with van der Waals surface area (Å²) in [4.78, 5) is 51.8. The maximum absolute atomic E-state index is 13.6. The van der Waals surface area contributed by atoms with Gasteiger partial charge >= 0.3 is 6.09 Å². The first-order valence-electron chi connectivity index (χ1n) is 14.0. The third kappa shape index (κ3) is 7.17. The summed E-state index contributed by atoms with van der Waals surface area (Å²) < 4.78 is 5.47. The lowest BCUT2D eigenvalue weighted by molar-refractivity contribution is -0.126. The van der Waals surface area contributed by atoms with Crippen LogP contribution >= 0.6 is 11.8 Å². The molecule has 9 nitrogen and oxygen atoms in total. The minimum Gasteiger partial charge on any atom is -0.445 e. The minimum atomic E-state index is -0.601. The number of carbonyl (C=O) groups is 3. The van der Waals surface area contributed by atoms with Gasteiger partial charge in [-0.25, -0.2) is 4.79 Å². The Morgan fingerprint density at radius 2 is 1.79 bits per heavy atom. The third-order valence-corrected chi connectivity index (χ3v) is 8.13. The van der Waals surface area contributed by atoms with Crippen LogP contribution in [-0.4, -0.2) is 56.0 Å². The molecule has 0 aliphatic carbocycles. The van der Waals surface area contributed by atoms with Crippen LogP contribution in [0.5, 0.6) is 0 Å². The number of rotatable bonds is 7. The normalized spacial score (nSPS) is 19.8. The molecule has 2 saturated heterocycles. The Balaban J connectivity index is 1.23. The molecule has 0 saturated carbocycles. The molecule has 2 fully saturated rings. The van der Waals surface area contributed by atoms with Crippen molar-refractivity contribution in [2.45, 2.75) is 63.6 Å². The molecule has 1 unspecified atom stereocenters. The van der Waals surface area contributed by atoms with Crippen molar-refractivity contribution in [1.29, 1.82) is 0 Å². The van der Waals surface area contributed by atoms with Crippen LogP contribution in [0.25, 0.3) is 0 Å². The minimum absolute atomic E-state index is 0.0546. The summed E-state index contributed by atoms with van der Waals surface area (Å²) in [5.74, 6) is -0.314. The number of thioether (sulfide) groups is 1. The molecule has 1 aromatic heterocycles. The predicted molar refractivity (Wildman–Crippen MR) is 164 cm³/mol. The molecule has 10 heteroatoms. The number of amides is 3. The molecule has 3 amide bonds. The SMILES string of the molecule is CC(C)(C)N=C1SC(c2ccc(NC(=O)[C@@H]3CCCN3C(=O)OCc3ccccc3)cc2)C(=O)N1Cc1ccccn1. The fraction of sp³-hybridized carbons (Fsp3) is 0.344. The predicted octanol–water partition coefficient (Wildman–Crippen LogP) is 5.79. The number of anilines is 1. The number of benzene rings is 2. The Morgan fingerprint density at radius 3 is 2.48 bits per heavy atom. The Kier molecular flexibility index (Phi) is 8.91. The van der Waals surface area contributed by atoms with Crippen molar-refractivity contribution in [2.24, 2.45) is 4.99 Å². The van der Waals surface area contributed by atoms with E-state index in [2.05, 4.69) is 10.3 Å². The number of hydrogen-bond acceptors (Lipinski definition) is 7. The number of aromatic nitrogens is 1. The summed E-state index contributed by atoms with van der Waals surface area (Å²) in [5, 5.41) is 3.14. The van der Waals surface area contributed by atoms with Gasteiger partial charge in [0, 0.05) is 18.4 Å². The van der Waals surface area contributed by atoms with Gasteiger partial charge in [-0.3, -0.25) is 29.4 Å². The summed E-state index contributed by atoms with van der Waals surface area (Å²) in [7, 11) is 0. The number of amidine groups is 1. The van der Waals surface area contributed by atoms with E-state index >= 15 is 0 Å². The zero-order valence-corrected chi connectivity index (χ0v) is 24.8. The molecule has 0 spiro atoms. The van der Waals surface area contributed by atoms with E-state index in [0.717, 1.165) is 23.2 Å². The molecule has 0 bridgehead atoms. The van der Waals surface area contributed by atoms with Crippen LogP contribution in [0.2, 0.25) is 0 Å². The second-order valence-electron chi connectivity index (χ2n) is 11.3. The lowest BCUT2D eigenvalue weighted by Gasteiger charge is -2.23. The maximum atomic E-state index is 13.6. The Bertz CT molecular complexity index is 1440. The summed E-state index contributed by atoms with van der Waals surface area (Å²) in [6.45, 7) is 6.98. The van der Waals surface area contributed by atoms with E-state index in [1.807, 2.05) is 81.4 Å². The number of likely N-dealkylation sites (tertiary alicyclic amines) is 1. The van der Waals surface area contributed by atoms with Gasteiger partial charge in [0.2, 0.25) is 11.8 Å². The Morgan fingerprint density at radius 1 is 1.05 bits per heavy atom. The second-order valence-corrected chi connectivity index (χ2v) is 12.4. The van der Waals surface area contributed by atoms with Gasteiger partial charge in [-0.15, -0.1) is 0 Å². The highest BCUT2D eigenvalue weighted by atomic mass is 32.2. The lowest BCUT2D eigenvalue weighted by Crippen LogP contribution is -2.43. The number of nitrogens with zero attached hydrogens (tertiary/aromatic N) is 4. The number of pyridine rings is 1. The zero-order valence-electron chi connectivity index (χ0n) is 24.0. The van der Waals surface area contributed by atoms with E-state index in [9.17, 15) is 14.4 Å². The van der Waals surface area contributed by atoms with Gasteiger partial charge < -0.3 is 10.1 Å². The van der Waals surface area contributed by atoms with Crippen LogP contribution in [0, 0.1) is 0 Å². The third-order valence-electron chi connectivity index (χ3n) is 6.90. The second kappa shape index (κ2) is 12.8. The van der Waals surface area contributed by atoms with Crippen molar-refractivity contribution in [3.8, 4) is 0 Å². The van der Waals surface area contributed by atoms with Crippen LogP contribution in [0.15, 0.2) is 84.0 Å². The molecule has 3 heterocycles. The quantitative estimate of drug-likeness (QED) is 0.376. The molecule has 2 aliphatic heterocycles. The Labute approximate surface area is 250 Å². The molecule has 2 aromatic carbocycles. The largest absolute Gasteiger partial charge is 0.445 e. The van der Waals surface area contributed by atoms with Gasteiger partial charge in [-0.1, -0.05) is 60.3 Å². The topological polar surface area (TPSA) is 104 Å². The van der Waals surface area contributed by atoms with Crippen molar-refractivity contribution in [1.82, 2.24) is 14.8 Å². The summed E-state index contributed by atoms with van der Waals surface area (Å²) in [6, 6.07) is 21.8. The summed E-state index contributed by atoms with van der Waals surface area (Å²) in [5.41, 5.74) is 2.74. The summed E-state index contributed by atoms with van der Waals surface area (Å²) in [6.07, 6.45) is 2.52. The first kappa shape index (κ1) is 29.3. The average Bonchev–Trinajstić information content (AvgIpc) is 3.58. The van der Waals surface area contributed by atoms with Crippen molar-refractivity contribution in [2.75, 3.05) is 11.9 Å². The number of aliphatic imine (C=N–C) groups is 1. The van der Waals surface area contributed by atoms with Crippen molar-refractivity contribution in [3.63, 3.8) is 0 Å². The zero-order chi connectivity index (χ0) is 29.7. The standard InChI is InChI=1S/C32H35N5O4S/c1-32(2,3)35-30-37(20-25-12-7-8-18-33-25)29(39)27(42-30)23-14-16-24(17-15-23)34-28(38)26-13-9-19-36(26)31(40)41-21-22-10-5-4-6-11-22/h4-8,10-12,14-18,26-27H,9,13,19-21H2,1-3H3,(H,34,38)/t26-,27?/m0/s1. The number of nitrogens with one attached hydrogen (secondary N) is 1. The highest BCUT2D eigenvalue weighted by Crippen LogP contribution is 2.41. The molecular formula is C32H35N5O4S. The van der Waals surface area contributed by atoms with Crippen molar-refractivity contribution >= 4 is 40.5 Å². The highest BCUT2D eigenvalue weighted by Gasteiger charge is 2.40. The van der Waals surface area contributed by atoms with E-state index in [0.29, 0.717) is 30.4 Å². The first-order chi connectivity index (χ1) is 20.2. The Hall–Kier alpha value is -4.18. The van der Waals surface area contributed by atoms with Gasteiger partial charge in [-0.2, -0.15) is 0 Å². The van der Waals surface area contributed by atoms with Crippen LogP contribution in [0.1, 0.15) is 55.7 Å². The number of ether oxygens (including phenoxy) is 1. The average molecular weight is 586 g/mol. The molecule has 0 radical (unpaired) electrons. The fourth-order valence-corrected chi connectivity index (χ4v) is 6.21. The summed E-state index contributed by atoms with van der Waals surface area (Å²) >= 11 is 1.43. The van der Waals surface area contributed by atoms with Crippen molar-refractivity contribution in [3.05, 3.63) is 95.8 Å². The molecule has 42 heavy (non-hydrogen) atoms. The molecule has 3 aromatic rings. The molecule has 2 aliphatic rings. The fourth-order valence-electron chi connectivity index (χ4n) is 4.87. The van der Waals surface area contributed by atoms with Crippen LogP contribution in [-0.2, 0) is 27.5 Å². The highest BCUT2D eigenvalue weighted by molar-refractivity contribution is 8.15. The van der Waals surface area contributed by atoms with Crippen molar-refractivity contribution < 1.29 is 19.1 Å². The molecule has 5 rings (SSSR count). The first-order valence-corrected chi connectivity index (χ1v) is 14.9. The molecule has 218 valence electrons.